The van der Waals surface area contributed by atoms with Crippen molar-refractivity contribution >= 4 is 22.7 Å². The summed E-state index contributed by atoms with van der Waals surface area (Å²) in [5.41, 5.74) is 3.84. The fraction of sp³-hybridized carbons (Fsp3) is 0.320. The molecule has 3 heterocycles. The van der Waals surface area contributed by atoms with E-state index >= 15 is 0 Å². The second kappa shape index (κ2) is 8.39. The summed E-state index contributed by atoms with van der Waals surface area (Å²) >= 11 is 0. The molecule has 2 aromatic heterocycles. The van der Waals surface area contributed by atoms with E-state index in [9.17, 15) is 14.9 Å². The molecule has 1 atom stereocenters. The third-order valence-corrected chi connectivity index (χ3v) is 5.82. The lowest BCUT2D eigenvalue weighted by Crippen LogP contribution is -2.42. The summed E-state index contributed by atoms with van der Waals surface area (Å²) in [4.78, 5) is 35.9. The summed E-state index contributed by atoms with van der Waals surface area (Å²) in [6.07, 6.45) is 4.02. The Morgan fingerprint density at radius 1 is 1.19 bits per heavy atom. The van der Waals surface area contributed by atoms with Gasteiger partial charge in [0.05, 0.1) is 23.7 Å². The zero-order chi connectivity index (χ0) is 22.9. The molecule has 0 aliphatic carbocycles. The van der Waals surface area contributed by atoms with Gasteiger partial charge in [-0.25, -0.2) is 0 Å². The highest BCUT2D eigenvalue weighted by atomic mass is 16.2. The number of nitrogens with one attached hydrogen (secondary N) is 1. The first kappa shape index (κ1) is 21.4. The minimum atomic E-state index is -0.457. The predicted molar refractivity (Wildman–Crippen MR) is 122 cm³/mol. The SMILES string of the molecule is Cc1ccc(-c2ccc3nccc(C(=O)NCC(=O)N4CC(C)(C)CC4C#N)c3c2)cn1. The Bertz CT molecular complexity index is 1230. The Labute approximate surface area is 187 Å². The Kier molecular flexibility index (Phi) is 5.62. The molecule has 4 rings (SSSR count). The van der Waals surface area contributed by atoms with Gasteiger partial charge in [-0.3, -0.25) is 19.6 Å². The average molecular weight is 428 g/mol. The molecular formula is C25H25N5O2. The number of benzene rings is 1. The van der Waals surface area contributed by atoms with Gasteiger partial charge in [0.15, 0.2) is 0 Å². The largest absolute Gasteiger partial charge is 0.343 e. The molecule has 1 aliphatic heterocycles. The van der Waals surface area contributed by atoms with Crippen molar-refractivity contribution in [2.75, 3.05) is 13.1 Å². The summed E-state index contributed by atoms with van der Waals surface area (Å²) in [5, 5.41) is 12.8. The van der Waals surface area contributed by atoms with Crippen LogP contribution < -0.4 is 5.32 Å². The number of pyridine rings is 2. The quantitative estimate of drug-likeness (QED) is 0.687. The molecule has 0 radical (unpaired) electrons. The highest BCUT2D eigenvalue weighted by Gasteiger charge is 2.39. The van der Waals surface area contributed by atoms with Crippen molar-refractivity contribution in [1.82, 2.24) is 20.2 Å². The highest BCUT2D eigenvalue weighted by Crippen LogP contribution is 2.33. The van der Waals surface area contributed by atoms with E-state index in [1.165, 1.54) is 0 Å². The number of aryl methyl sites for hydroxylation is 1. The average Bonchev–Trinajstić information content (AvgIpc) is 3.11. The molecular weight excluding hydrogens is 402 g/mol. The molecule has 32 heavy (non-hydrogen) atoms. The zero-order valence-corrected chi connectivity index (χ0v) is 18.4. The standard InChI is InChI=1S/C25H25N5O2/c1-16-4-5-18(13-28-16)17-6-7-22-21(10-17)20(8-9-27-22)24(32)29-14-23(31)30-15-25(2,3)11-19(30)12-26/h4-10,13,19H,11,14-15H2,1-3H3,(H,29,32). The van der Waals surface area contributed by atoms with Gasteiger partial charge in [0.25, 0.3) is 5.91 Å². The van der Waals surface area contributed by atoms with Gasteiger partial charge in [0.1, 0.15) is 6.04 Å². The van der Waals surface area contributed by atoms with Gasteiger partial charge in [0, 0.05) is 35.6 Å². The van der Waals surface area contributed by atoms with Crippen molar-refractivity contribution in [2.24, 2.45) is 5.41 Å². The molecule has 1 N–H and O–H groups in total. The predicted octanol–water partition coefficient (Wildman–Crippen LogP) is 3.49. The number of likely N-dealkylation sites (tertiary alicyclic amines) is 1. The van der Waals surface area contributed by atoms with E-state index < -0.39 is 6.04 Å². The van der Waals surface area contributed by atoms with E-state index in [4.69, 9.17) is 0 Å². The van der Waals surface area contributed by atoms with Crippen LogP contribution in [0, 0.1) is 23.7 Å². The van der Waals surface area contributed by atoms with Gasteiger partial charge in [-0.1, -0.05) is 26.0 Å². The molecule has 1 unspecified atom stereocenters. The van der Waals surface area contributed by atoms with E-state index in [-0.39, 0.29) is 23.8 Å². The number of carbonyl (C=O) groups is 2. The molecule has 0 spiro atoms. The van der Waals surface area contributed by atoms with Crippen LogP contribution in [0.2, 0.25) is 0 Å². The maximum Gasteiger partial charge on any atom is 0.252 e. The molecule has 162 valence electrons. The zero-order valence-electron chi connectivity index (χ0n) is 18.4. The van der Waals surface area contributed by atoms with Crippen LogP contribution in [-0.4, -0.2) is 45.8 Å². The van der Waals surface area contributed by atoms with Crippen LogP contribution in [0.4, 0.5) is 0 Å². The summed E-state index contributed by atoms with van der Waals surface area (Å²) < 4.78 is 0. The maximum atomic E-state index is 13.0. The van der Waals surface area contributed by atoms with Crippen LogP contribution in [0.3, 0.4) is 0 Å². The van der Waals surface area contributed by atoms with Crippen molar-refractivity contribution in [2.45, 2.75) is 33.2 Å². The van der Waals surface area contributed by atoms with Crippen molar-refractivity contribution in [1.29, 1.82) is 5.26 Å². The van der Waals surface area contributed by atoms with Crippen molar-refractivity contribution in [3.8, 4) is 17.2 Å². The lowest BCUT2D eigenvalue weighted by molar-refractivity contribution is -0.130. The smallest absolute Gasteiger partial charge is 0.252 e. The molecule has 2 amide bonds. The molecule has 1 saturated heterocycles. The molecule has 7 nitrogen and oxygen atoms in total. The summed E-state index contributed by atoms with van der Waals surface area (Å²) in [5.74, 6) is -0.600. The molecule has 1 aliphatic rings. The minimum Gasteiger partial charge on any atom is -0.343 e. The first-order chi connectivity index (χ1) is 15.3. The maximum absolute atomic E-state index is 13.0. The number of amides is 2. The lowest BCUT2D eigenvalue weighted by Gasteiger charge is -2.21. The Morgan fingerprint density at radius 2 is 1.97 bits per heavy atom. The second-order valence-corrected chi connectivity index (χ2v) is 9.00. The molecule has 0 saturated carbocycles. The van der Waals surface area contributed by atoms with Crippen LogP contribution in [0.15, 0.2) is 48.8 Å². The van der Waals surface area contributed by atoms with Crippen molar-refractivity contribution < 1.29 is 9.59 Å². The molecule has 1 fully saturated rings. The number of fused-ring (bicyclic) bond motifs is 1. The topological polar surface area (TPSA) is 99.0 Å². The third-order valence-electron chi connectivity index (χ3n) is 5.82. The highest BCUT2D eigenvalue weighted by molar-refractivity contribution is 6.07. The van der Waals surface area contributed by atoms with E-state index in [1.54, 1.807) is 23.4 Å². The van der Waals surface area contributed by atoms with Crippen molar-refractivity contribution in [3.63, 3.8) is 0 Å². The Hall–Kier alpha value is -3.79. The molecule has 1 aromatic carbocycles. The van der Waals surface area contributed by atoms with E-state index in [2.05, 4.69) is 21.4 Å². The van der Waals surface area contributed by atoms with E-state index in [0.717, 1.165) is 16.8 Å². The normalized spacial score (nSPS) is 17.2. The van der Waals surface area contributed by atoms with Gasteiger partial charge in [-0.15, -0.1) is 0 Å². The molecule has 0 bridgehead atoms. The van der Waals surface area contributed by atoms with Gasteiger partial charge in [0.2, 0.25) is 5.91 Å². The van der Waals surface area contributed by atoms with Gasteiger partial charge >= 0.3 is 0 Å². The summed E-state index contributed by atoms with van der Waals surface area (Å²) in [6.45, 7) is 6.35. The van der Waals surface area contributed by atoms with Crippen molar-refractivity contribution in [3.05, 3.63) is 60.0 Å². The number of nitriles is 1. The first-order valence-electron chi connectivity index (χ1n) is 10.6. The van der Waals surface area contributed by atoms with E-state index in [0.29, 0.717) is 29.4 Å². The lowest BCUT2D eigenvalue weighted by atomic mass is 9.91. The van der Waals surface area contributed by atoms with Crippen LogP contribution in [0.5, 0.6) is 0 Å². The van der Waals surface area contributed by atoms with Gasteiger partial charge in [-0.05, 0) is 48.6 Å². The Balaban J connectivity index is 1.54. The fourth-order valence-corrected chi connectivity index (χ4v) is 4.16. The fourth-order valence-electron chi connectivity index (χ4n) is 4.16. The minimum absolute atomic E-state index is 0.109. The molecule has 3 aromatic rings. The molecule has 7 heteroatoms. The number of aromatic nitrogens is 2. The van der Waals surface area contributed by atoms with Crippen LogP contribution in [-0.2, 0) is 4.79 Å². The number of rotatable bonds is 4. The second-order valence-electron chi connectivity index (χ2n) is 9.00. The number of hydrogen-bond donors (Lipinski definition) is 1. The van der Waals surface area contributed by atoms with Crippen LogP contribution >= 0.6 is 0 Å². The summed E-state index contributed by atoms with van der Waals surface area (Å²) in [6, 6.07) is 13.1. The first-order valence-corrected chi connectivity index (χ1v) is 10.6. The summed E-state index contributed by atoms with van der Waals surface area (Å²) in [7, 11) is 0. The number of hydrogen-bond acceptors (Lipinski definition) is 5. The van der Waals surface area contributed by atoms with Gasteiger partial charge in [-0.2, -0.15) is 5.26 Å². The Morgan fingerprint density at radius 3 is 2.69 bits per heavy atom. The van der Waals surface area contributed by atoms with E-state index in [1.807, 2.05) is 51.1 Å². The van der Waals surface area contributed by atoms with Crippen LogP contribution in [0.1, 0.15) is 36.3 Å². The van der Waals surface area contributed by atoms with Gasteiger partial charge < -0.3 is 10.2 Å². The van der Waals surface area contributed by atoms with Crippen LogP contribution in [0.25, 0.3) is 22.0 Å². The number of carbonyl (C=O) groups excluding carboxylic acids is 2. The number of nitrogens with zero attached hydrogens (tertiary/aromatic N) is 4. The third kappa shape index (κ3) is 4.30. The monoisotopic (exact) mass is 427 g/mol.